The highest BCUT2D eigenvalue weighted by atomic mass is 15.0. The first-order chi connectivity index (χ1) is 8.68. The van der Waals surface area contributed by atoms with Gasteiger partial charge in [-0.05, 0) is 37.2 Å². The molecule has 1 aliphatic carbocycles. The van der Waals surface area contributed by atoms with Crippen LogP contribution in [0.5, 0.6) is 0 Å². The maximum Gasteiger partial charge on any atom is 0.0345 e. The molecule has 2 rings (SSSR count). The Morgan fingerprint density at radius 3 is 2.17 bits per heavy atom. The van der Waals surface area contributed by atoms with Gasteiger partial charge in [0.2, 0.25) is 0 Å². The van der Waals surface area contributed by atoms with Gasteiger partial charge >= 0.3 is 0 Å². The normalized spacial score (nSPS) is 20.2. The van der Waals surface area contributed by atoms with Crippen LogP contribution in [0.4, 0.5) is 0 Å². The summed E-state index contributed by atoms with van der Waals surface area (Å²) in [5.74, 6) is 1.52. The molecular formula is C17H27N. The summed E-state index contributed by atoms with van der Waals surface area (Å²) in [6.45, 7) is 6.99. The molecule has 1 N–H and O–H groups in total. The molecule has 0 heterocycles. The zero-order chi connectivity index (χ0) is 13.0. The van der Waals surface area contributed by atoms with Gasteiger partial charge < -0.3 is 5.32 Å². The van der Waals surface area contributed by atoms with E-state index in [-0.39, 0.29) is 0 Å². The van der Waals surface area contributed by atoms with E-state index >= 15 is 0 Å². The fraction of sp³-hybridized carbons (Fsp3) is 0.647. The Hall–Kier alpha value is -0.820. The molecule has 0 radical (unpaired) electrons. The highest BCUT2D eigenvalue weighted by Gasteiger charge is 2.25. The number of nitrogens with one attached hydrogen (secondary N) is 1. The van der Waals surface area contributed by atoms with Crippen LogP contribution in [0.1, 0.15) is 58.1 Å². The lowest BCUT2D eigenvalue weighted by Crippen LogP contribution is -2.37. The molecule has 0 saturated heterocycles. The predicted octanol–water partition coefficient (Wildman–Crippen LogP) is 4.55. The van der Waals surface area contributed by atoms with Crippen LogP contribution in [0.3, 0.4) is 0 Å². The summed E-state index contributed by atoms with van der Waals surface area (Å²) >= 11 is 0. The Labute approximate surface area is 112 Å². The van der Waals surface area contributed by atoms with Gasteiger partial charge in [0.25, 0.3) is 0 Å². The Kier molecular flexibility index (Phi) is 4.82. The van der Waals surface area contributed by atoms with Gasteiger partial charge in [0.05, 0.1) is 0 Å². The predicted molar refractivity (Wildman–Crippen MR) is 78.6 cm³/mol. The summed E-state index contributed by atoms with van der Waals surface area (Å²) in [5.41, 5.74) is 1.43. The molecule has 0 aromatic heterocycles. The van der Waals surface area contributed by atoms with E-state index in [1.807, 2.05) is 0 Å². The summed E-state index contributed by atoms with van der Waals surface area (Å²) in [6, 6.07) is 12.0. The minimum Gasteiger partial charge on any atom is -0.307 e. The Balaban J connectivity index is 2.02. The molecule has 1 aliphatic rings. The first-order valence-corrected chi connectivity index (χ1v) is 7.49. The maximum absolute atomic E-state index is 3.87. The number of hydrogen-bond donors (Lipinski definition) is 1. The lowest BCUT2D eigenvalue weighted by Gasteiger charge is -2.30. The molecule has 1 heteroatoms. The summed E-state index contributed by atoms with van der Waals surface area (Å²) in [5, 5.41) is 3.87. The van der Waals surface area contributed by atoms with Crippen LogP contribution >= 0.6 is 0 Å². The van der Waals surface area contributed by atoms with Crippen LogP contribution in [0, 0.1) is 11.8 Å². The van der Waals surface area contributed by atoms with E-state index in [2.05, 4.69) is 56.4 Å². The molecule has 100 valence electrons. The van der Waals surface area contributed by atoms with Crippen LogP contribution in [0.2, 0.25) is 0 Å². The third kappa shape index (κ3) is 3.35. The Bertz CT molecular complexity index is 338. The lowest BCUT2D eigenvalue weighted by atomic mass is 9.92. The Morgan fingerprint density at radius 1 is 1.00 bits per heavy atom. The van der Waals surface area contributed by atoms with Gasteiger partial charge in [-0.15, -0.1) is 0 Å². The minimum atomic E-state index is 0.488. The van der Waals surface area contributed by atoms with E-state index in [9.17, 15) is 0 Å². The van der Waals surface area contributed by atoms with Crippen molar-refractivity contribution in [2.45, 2.75) is 58.5 Å². The topological polar surface area (TPSA) is 12.0 Å². The van der Waals surface area contributed by atoms with Crippen molar-refractivity contribution in [1.82, 2.24) is 5.32 Å². The molecule has 1 fully saturated rings. The number of benzene rings is 1. The Morgan fingerprint density at radius 2 is 1.61 bits per heavy atom. The molecule has 1 nitrogen and oxygen atoms in total. The zero-order valence-electron chi connectivity index (χ0n) is 12.0. The van der Waals surface area contributed by atoms with Crippen molar-refractivity contribution < 1.29 is 0 Å². The molecular weight excluding hydrogens is 218 g/mol. The van der Waals surface area contributed by atoms with Crippen molar-refractivity contribution in [1.29, 1.82) is 0 Å². The maximum atomic E-state index is 3.87. The van der Waals surface area contributed by atoms with E-state index in [0.717, 1.165) is 5.92 Å². The number of rotatable bonds is 5. The molecule has 0 bridgehead atoms. The van der Waals surface area contributed by atoms with Gasteiger partial charge in [-0.25, -0.2) is 0 Å². The molecule has 1 aromatic rings. The van der Waals surface area contributed by atoms with E-state index in [1.165, 1.54) is 31.2 Å². The smallest absolute Gasteiger partial charge is 0.0345 e. The summed E-state index contributed by atoms with van der Waals surface area (Å²) < 4.78 is 0. The molecule has 18 heavy (non-hydrogen) atoms. The van der Waals surface area contributed by atoms with E-state index in [1.54, 1.807) is 0 Å². The second kappa shape index (κ2) is 6.38. The second-order valence-corrected chi connectivity index (χ2v) is 6.13. The fourth-order valence-corrected chi connectivity index (χ4v) is 3.21. The first-order valence-electron chi connectivity index (χ1n) is 7.49. The third-order valence-electron chi connectivity index (χ3n) is 4.37. The van der Waals surface area contributed by atoms with Gasteiger partial charge in [0.15, 0.2) is 0 Å². The van der Waals surface area contributed by atoms with Crippen molar-refractivity contribution >= 4 is 0 Å². The van der Waals surface area contributed by atoms with Gasteiger partial charge in [-0.3, -0.25) is 0 Å². The standard InChI is InChI=1S/C17H27N/c1-13(2)17(16-11-5-4-6-12-16)18-14(3)15-9-7-8-10-15/h4-6,11-15,17-18H,7-10H2,1-3H3/t14-,17?/m0/s1. The molecule has 1 aromatic carbocycles. The molecule has 1 unspecified atom stereocenters. The van der Waals surface area contributed by atoms with Crippen LogP contribution in [-0.2, 0) is 0 Å². The van der Waals surface area contributed by atoms with Crippen LogP contribution in [0.15, 0.2) is 30.3 Å². The van der Waals surface area contributed by atoms with E-state index in [4.69, 9.17) is 0 Å². The second-order valence-electron chi connectivity index (χ2n) is 6.13. The zero-order valence-corrected chi connectivity index (χ0v) is 12.0. The molecule has 0 amide bonds. The van der Waals surface area contributed by atoms with Crippen LogP contribution < -0.4 is 5.32 Å². The van der Waals surface area contributed by atoms with Crippen LogP contribution in [0.25, 0.3) is 0 Å². The lowest BCUT2D eigenvalue weighted by molar-refractivity contribution is 0.303. The third-order valence-corrected chi connectivity index (χ3v) is 4.37. The van der Waals surface area contributed by atoms with Crippen molar-refractivity contribution in [3.8, 4) is 0 Å². The summed E-state index contributed by atoms with van der Waals surface area (Å²) in [4.78, 5) is 0. The fourth-order valence-electron chi connectivity index (χ4n) is 3.21. The van der Waals surface area contributed by atoms with Gasteiger partial charge in [-0.1, -0.05) is 57.0 Å². The van der Waals surface area contributed by atoms with Crippen molar-refractivity contribution in [2.75, 3.05) is 0 Å². The molecule has 1 saturated carbocycles. The van der Waals surface area contributed by atoms with Crippen LogP contribution in [-0.4, -0.2) is 6.04 Å². The first kappa shape index (κ1) is 13.6. The van der Waals surface area contributed by atoms with Crippen molar-refractivity contribution in [3.63, 3.8) is 0 Å². The van der Waals surface area contributed by atoms with Gasteiger partial charge in [0.1, 0.15) is 0 Å². The van der Waals surface area contributed by atoms with Crippen molar-refractivity contribution in [2.24, 2.45) is 11.8 Å². The molecule has 2 atom stereocenters. The highest BCUT2D eigenvalue weighted by molar-refractivity contribution is 5.19. The van der Waals surface area contributed by atoms with E-state index in [0.29, 0.717) is 18.0 Å². The SMILES string of the molecule is CC(C)C(N[C@@H](C)C1CCCC1)c1ccccc1. The largest absolute Gasteiger partial charge is 0.307 e. The summed E-state index contributed by atoms with van der Waals surface area (Å²) in [7, 11) is 0. The number of hydrogen-bond acceptors (Lipinski definition) is 1. The minimum absolute atomic E-state index is 0.488. The van der Waals surface area contributed by atoms with E-state index < -0.39 is 0 Å². The average molecular weight is 245 g/mol. The molecule has 0 aliphatic heterocycles. The molecule has 0 spiro atoms. The van der Waals surface area contributed by atoms with Gasteiger partial charge in [-0.2, -0.15) is 0 Å². The van der Waals surface area contributed by atoms with Crippen molar-refractivity contribution in [3.05, 3.63) is 35.9 Å². The summed E-state index contributed by atoms with van der Waals surface area (Å²) in [6.07, 6.45) is 5.67. The highest BCUT2D eigenvalue weighted by Crippen LogP contribution is 2.30. The monoisotopic (exact) mass is 245 g/mol. The van der Waals surface area contributed by atoms with Gasteiger partial charge in [0, 0.05) is 12.1 Å². The average Bonchev–Trinajstić information content (AvgIpc) is 2.90. The quantitative estimate of drug-likeness (QED) is 0.802.